The third-order valence-electron chi connectivity index (χ3n) is 1.80. The van der Waals surface area contributed by atoms with E-state index in [1.165, 1.54) is 11.1 Å². The first-order valence-electron chi connectivity index (χ1n) is 4.04. The second-order valence-corrected chi connectivity index (χ2v) is 3.10. The molecule has 74 valence electrons. The normalized spacial score (nSPS) is 12.3. The molecule has 0 fully saturated rings. The summed E-state index contributed by atoms with van der Waals surface area (Å²) in [7, 11) is -3.11. The highest BCUT2D eigenvalue weighted by atomic mass is 32.2. The van der Waals surface area contributed by atoms with Crippen LogP contribution in [0.25, 0.3) is 0 Å². The van der Waals surface area contributed by atoms with Gasteiger partial charge in [-0.25, -0.2) is 0 Å². The molecule has 0 bridgehead atoms. The first kappa shape index (κ1) is 10.6. The first-order chi connectivity index (χ1) is 6.70. The average molecular weight is 211 g/mol. The van der Waals surface area contributed by atoms with Gasteiger partial charge in [0.15, 0.2) is 0 Å². The molecule has 0 saturated carbocycles. The zero-order valence-corrected chi connectivity index (χ0v) is 8.20. The number of hydrogen-bond acceptors (Lipinski definition) is 4. The van der Waals surface area contributed by atoms with Crippen molar-refractivity contribution in [2.45, 2.75) is 6.42 Å². The Kier molecular flexibility index (Phi) is 4.00. The zero-order valence-electron chi connectivity index (χ0n) is 7.38. The van der Waals surface area contributed by atoms with Crippen molar-refractivity contribution in [1.29, 1.82) is 0 Å². The molecule has 0 aliphatic carbocycles. The van der Waals surface area contributed by atoms with E-state index < -0.39 is 10.6 Å². The van der Waals surface area contributed by atoms with Crippen LogP contribution < -0.4 is 0 Å². The largest absolute Gasteiger partial charge is 0.425 e. The van der Waals surface area contributed by atoms with Gasteiger partial charge in [0, 0.05) is 12.8 Å². The minimum Gasteiger partial charge on any atom is -0.292 e. The summed E-state index contributed by atoms with van der Waals surface area (Å²) in [6.07, 6.45) is 3.06. The topological polar surface area (TPSA) is 63.6 Å². The van der Waals surface area contributed by atoms with Gasteiger partial charge in [-0.2, -0.15) is 0 Å². The van der Waals surface area contributed by atoms with Gasteiger partial charge in [-0.15, -0.1) is 12.6 Å². The van der Waals surface area contributed by atoms with Crippen molar-refractivity contribution in [3.8, 4) is 0 Å². The molecule has 0 aromatic heterocycles. The summed E-state index contributed by atoms with van der Waals surface area (Å²) >= 11 is 0. The molecule has 0 saturated heterocycles. The van der Waals surface area contributed by atoms with Crippen LogP contribution in [-0.4, -0.2) is 25.4 Å². The summed E-state index contributed by atoms with van der Waals surface area (Å²) in [5.41, 5.74) is 2.71. The number of nitrogens with zero attached hydrogens (tertiary/aromatic N) is 1. The van der Waals surface area contributed by atoms with Crippen LogP contribution in [0, 0.1) is 0 Å². The lowest BCUT2D eigenvalue weighted by Crippen LogP contribution is -2.01. The van der Waals surface area contributed by atoms with E-state index in [0.29, 0.717) is 0 Å². The fourth-order valence-electron chi connectivity index (χ4n) is 1.24. The molecular formula is C9H9NO3S. The first-order valence-corrected chi connectivity index (χ1v) is 5.04. The van der Waals surface area contributed by atoms with Gasteiger partial charge in [-0.05, 0) is 17.5 Å². The highest BCUT2D eigenvalue weighted by Crippen LogP contribution is 2.10. The van der Waals surface area contributed by atoms with Crippen molar-refractivity contribution in [2.24, 2.45) is 4.99 Å². The molecule has 0 amide bonds. The van der Waals surface area contributed by atoms with Gasteiger partial charge < -0.3 is 0 Å². The van der Waals surface area contributed by atoms with Gasteiger partial charge in [-0.3, -0.25) is 4.99 Å². The van der Waals surface area contributed by atoms with Crippen LogP contribution in [0.4, 0.5) is 0 Å². The van der Waals surface area contributed by atoms with Crippen LogP contribution in [0.15, 0.2) is 29.3 Å². The van der Waals surface area contributed by atoms with Crippen molar-refractivity contribution in [1.82, 2.24) is 0 Å². The van der Waals surface area contributed by atoms with Crippen molar-refractivity contribution in [2.75, 3.05) is 6.54 Å². The third kappa shape index (κ3) is 3.49. The summed E-state index contributed by atoms with van der Waals surface area (Å²) in [5, 5.41) is 0. The minimum atomic E-state index is -3.11. The lowest BCUT2D eigenvalue weighted by Gasteiger charge is -2.07. The zero-order chi connectivity index (χ0) is 10.4. The molecule has 0 unspecified atom stereocenters. The highest BCUT2D eigenvalue weighted by molar-refractivity contribution is 7.59. The summed E-state index contributed by atoms with van der Waals surface area (Å²) in [5.74, 6) is 0. The molecule has 1 aromatic rings. The Balaban J connectivity index is 0.000000213. The summed E-state index contributed by atoms with van der Waals surface area (Å²) in [6.45, 7) is 0.955. The molecule has 1 heterocycles. The standard InChI is InChI=1S/C9H9N.O3S/c1-2-4-9-7-10-6-5-8(9)3-1;1-4(2)3/h1-4,7H,5-6H2;. The van der Waals surface area contributed by atoms with Crippen LogP contribution in [-0.2, 0) is 17.0 Å². The number of aliphatic imine (C=N–C) groups is 1. The molecule has 0 radical (unpaired) electrons. The van der Waals surface area contributed by atoms with Crippen molar-refractivity contribution >= 4 is 16.8 Å². The van der Waals surface area contributed by atoms with Gasteiger partial charge in [0.25, 0.3) is 0 Å². The predicted octanol–water partition coefficient (Wildman–Crippen LogP) is 0.658. The van der Waals surface area contributed by atoms with Gasteiger partial charge in [0.05, 0.1) is 0 Å². The van der Waals surface area contributed by atoms with E-state index in [4.69, 9.17) is 12.6 Å². The maximum atomic E-state index is 8.44. The van der Waals surface area contributed by atoms with E-state index in [1.54, 1.807) is 0 Å². The van der Waals surface area contributed by atoms with Gasteiger partial charge >= 0.3 is 10.6 Å². The van der Waals surface area contributed by atoms with Crippen LogP contribution in [0.5, 0.6) is 0 Å². The second kappa shape index (κ2) is 5.29. The Bertz CT molecular complexity index is 429. The third-order valence-corrected chi connectivity index (χ3v) is 1.80. The van der Waals surface area contributed by atoms with Gasteiger partial charge in [0.1, 0.15) is 0 Å². The minimum absolute atomic E-state index is 0.955. The van der Waals surface area contributed by atoms with Crippen molar-refractivity contribution in [3.63, 3.8) is 0 Å². The second-order valence-electron chi connectivity index (χ2n) is 2.69. The molecule has 5 heteroatoms. The molecule has 4 nitrogen and oxygen atoms in total. The smallest absolute Gasteiger partial charge is 0.292 e. The van der Waals surface area contributed by atoms with Crippen molar-refractivity contribution < 1.29 is 12.6 Å². The van der Waals surface area contributed by atoms with Crippen LogP contribution >= 0.6 is 0 Å². The van der Waals surface area contributed by atoms with Crippen LogP contribution in [0.3, 0.4) is 0 Å². The molecule has 0 spiro atoms. The monoisotopic (exact) mass is 211 g/mol. The quantitative estimate of drug-likeness (QED) is 0.633. The molecule has 1 aromatic carbocycles. The van der Waals surface area contributed by atoms with Crippen LogP contribution in [0.2, 0.25) is 0 Å². The fraction of sp³-hybridized carbons (Fsp3) is 0.222. The summed E-state index contributed by atoms with van der Waals surface area (Å²) in [4.78, 5) is 4.19. The van der Waals surface area contributed by atoms with E-state index in [1.807, 2.05) is 6.21 Å². The maximum absolute atomic E-state index is 8.44. The van der Waals surface area contributed by atoms with Gasteiger partial charge in [-0.1, -0.05) is 24.3 Å². The summed E-state index contributed by atoms with van der Waals surface area (Å²) in [6, 6.07) is 8.41. The van der Waals surface area contributed by atoms with Gasteiger partial charge in [0.2, 0.25) is 0 Å². The molecule has 0 atom stereocenters. The SMILES string of the molecule is C1=NCCc2ccccc21.O=S(=O)=O. The Labute approximate surface area is 83.4 Å². The Morgan fingerprint density at radius 1 is 1.14 bits per heavy atom. The average Bonchev–Trinajstić information content (AvgIpc) is 2.17. The van der Waals surface area contributed by atoms with Crippen LogP contribution in [0.1, 0.15) is 11.1 Å². The maximum Gasteiger partial charge on any atom is 0.425 e. The van der Waals surface area contributed by atoms with E-state index in [-0.39, 0.29) is 0 Å². The molecule has 2 rings (SSSR count). The molecule has 1 aliphatic rings. The highest BCUT2D eigenvalue weighted by Gasteiger charge is 2.01. The Morgan fingerprint density at radius 2 is 1.79 bits per heavy atom. The Hall–Kier alpha value is -1.49. The van der Waals surface area contributed by atoms with E-state index >= 15 is 0 Å². The lowest BCUT2D eigenvalue weighted by molar-refractivity contribution is 0.559. The summed E-state index contributed by atoms with van der Waals surface area (Å²) < 4.78 is 25.3. The van der Waals surface area contributed by atoms with E-state index in [0.717, 1.165) is 13.0 Å². The molecule has 1 aliphatic heterocycles. The Morgan fingerprint density at radius 3 is 2.43 bits per heavy atom. The number of fused-ring (bicyclic) bond motifs is 1. The van der Waals surface area contributed by atoms with Crippen molar-refractivity contribution in [3.05, 3.63) is 35.4 Å². The number of hydrogen-bond donors (Lipinski definition) is 0. The number of rotatable bonds is 0. The molecule has 14 heavy (non-hydrogen) atoms. The van der Waals surface area contributed by atoms with E-state index in [2.05, 4.69) is 29.3 Å². The predicted molar refractivity (Wildman–Crippen MR) is 52.3 cm³/mol. The fourth-order valence-corrected chi connectivity index (χ4v) is 1.24. The lowest BCUT2D eigenvalue weighted by atomic mass is 10.0. The molecule has 0 N–H and O–H groups in total. The van der Waals surface area contributed by atoms with E-state index in [9.17, 15) is 0 Å². The molecular weight excluding hydrogens is 202 g/mol. The number of benzene rings is 1.